The maximum Gasteiger partial charge on any atom is 0.320 e. The summed E-state index contributed by atoms with van der Waals surface area (Å²) >= 11 is 0. The Kier molecular flexibility index (Phi) is 6.66. The van der Waals surface area contributed by atoms with Crippen LogP contribution >= 0.6 is 0 Å². The fourth-order valence-electron chi connectivity index (χ4n) is 3.97. The Bertz CT molecular complexity index is 346. The number of piperidine rings is 1. The van der Waals surface area contributed by atoms with E-state index in [0.29, 0.717) is 18.6 Å². The van der Waals surface area contributed by atoms with Crippen molar-refractivity contribution in [3.8, 4) is 0 Å². The highest BCUT2D eigenvalue weighted by atomic mass is 16.5. The second kappa shape index (κ2) is 8.27. The standard InChI is InChI=1S/C17H32N2O3/c1-4-16(17(20)21)19-9-6-15(7-10-19)5-8-18-11-13(2)22-14(3)12-18/h13-16H,4-12H2,1-3H3,(H,20,21)/t13-,14+,16-/m1/s1. The molecule has 0 amide bonds. The molecule has 22 heavy (non-hydrogen) atoms. The van der Waals surface area contributed by atoms with Gasteiger partial charge in [0, 0.05) is 13.1 Å². The minimum Gasteiger partial charge on any atom is -0.480 e. The predicted molar refractivity (Wildman–Crippen MR) is 87.1 cm³/mol. The van der Waals surface area contributed by atoms with Gasteiger partial charge < -0.3 is 9.84 Å². The molecule has 2 saturated heterocycles. The van der Waals surface area contributed by atoms with Gasteiger partial charge in [-0.3, -0.25) is 14.6 Å². The number of hydrogen-bond acceptors (Lipinski definition) is 4. The number of carbonyl (C=O) groups is 1. The van der Waals surface area contributed by atoms with Gasteiger partial charge in [-0.25, -0.2) is 0 Å². The molecule has 0 aliphatic carbocycles. The molecular weight excluding hydrogens is 280 g/mol. The molecule has 5 heteroatoms. The SMILES string of the molecule is CC[C@H](C(=O)O)N1CCC(CCN2C[C@@H](C)O[C@@H](C)C2)CC1. The maximum absolute atomic E-state index is 11.2. The van der Waals surface area contributed by atoms with Crippen LogP contribution in [0.5, 0.6) is 0 Å². The van der Waals surface area contributed by atoms with Crippen LogP contribution in [0.15, 0.2) is 0 Å². The zero-order chi connectivity index (χ0) is 16.1. The predicted octanol–water partition coefficient (Wildman–Crippen LogP) is 2.06. The summed E-state index contributed by atoms with van der Waals surface area (Å²) in [5, 5.41) is 9.25. The molecule has 0 aromatic carbocycles. The van der Waals surface area contributed by atoms with Crippen LogP contribution in [0, 0.1) is 5.92 Å². The van der Waals surface area contributed by atoms with E-state index in [2.05, 4.69) is 23.6 Å². The van der Waals surface area contributed by atoms with Crippen molar-refractivity contribution < 1.29 is 14.6 Å². The van der Waals surface area contributed by atoms with Gasteiger partial charge in [-0.05, 0) is 65.1 Å². The van der Waals surface area contributed by atoms with Crippen LogP contribution in [-0.2, 0) is 9.53 Å². The summed E-state index contributed by atoms with van der Waals surface area (Å²) in [4.78, 5) is 15.9. The third-order valence-electron chi connectivity index (χ3n) is 5.11. The first-order valence-electron chi connectivity index (χ1n) is 8.84. The Labute approximate surface area is 134 Å². The van der Waals surface area contributed by atoms with Gasteiger partial charge in [0.25, 0.3) is 0 Å². The van der Waals surface area contributed by atoms with Crippen molar-refractivity contribution in [2.24, 2.45) is 5.92 Å². The van der Waals surface area contributed by atoms with Crippen LogP contribution in [0.1, 0.15) is 46.5 Å². The first kappa shape index (κ1) is 17.7. The molecule has 128 valence electrons. The van der Waals surface area contributed by atoms with Crippen LogP contribution in [0.4, 0.5) is 0 Å². The number of likely N-dealkylation sites (tertiary alicyclic amines) is 1. The number of carboxylic acid groups (broad SMARTS) is 1. The second-order valence-corrected chi connectivity index (χ2v) is 7.05. The topological polar surface area (TPSA) is 53.0 Å². The van der Waals surface area contributed by atoms with Gasteiger partial charge in [-0.2, -0.15) is 0 Å². The van der Waals surface area contributed by atoms with Gasteiger partial charge in [-0.1, -0.05) is 6.92 Å². The fraction of sp³-hybridized carbons (Fsp3) is 0.941. The monoisotopic (exact) mass is 312 g/mol. The van der Waals surface area contributed by atoms with Crippen molar-refractivity contribution in [3.63, 3.8) is 0 Å². The molecule has 3 atom stereocenters. The summed E-state index contributed by atoms with van der Waals surface area (Å²) in [6, 6.07) is -0.290. The molecule has 2 rings (SSSR count). The molecule has 2 heterocycles. The smallest absolute Gasteiger partial charge is 0.320 e. The van der Waals surface area contributed by atoms with Gasteiger partial charge in [0.15, 0.2) is 0 Å². The summed E-state index contributed by atoms with van der Waals surface area (Å²) in [5.41, 5.74) is 0. The molecule has 2 aliphatic heterocycles. The van der Waals surface area contributed by atoms with E-state index in [9.17, 15) is 9.90 Å². The van der Waals surface area contributed by atoms with Gasteiger partial charge in [0.05, 0.1) is 12.2 Å². The van der Waals surface area contributed by atoms with Gasteiger partial charge >= 0.3 is 5.97 Å². The Hall–Kier alpha value is -0.650. The van der Waals surface area contributed by atoms with Gasteiger partial charge in [0.1, 0.15) is 6.04 Å². The Morgan fingerprint density at radius 1 is 1.23 bits per heavy atom. The highest BCUT2D eigenvalue weighted by Gasteiger charge is 2.29. The Morgan fingerprint density at radius 3 is 2.32 bits per heavy atom. The van der Waals surface area contributed by atoms with Crippen molar-refractivity contribution in [1.29, 1.82) is 0 Å². The average Bonchev–Trinajstić information content (AvgIpc) is 2.46. The van der Waals surface area contributed by atoms with Crippen LogP contribution < -0.4 is 0 Å². The van der Waals surface area contributed by atoms with E-state index in [0.717, 1.165) is 51.5 Å². The Balaban J connectivity index is 1.70. The second-order valence-electron chi connectivity index (χ2n) is 7.05. The number of aliphatic carboxylic acids is 1. The molecule has 2 aliphatic rings. The normalized spacial score (nSPS) is 30.3. The molecule has 5 nitrogen and oxygen atoms in total. The minimum atomic E-state index is -0.669. The molecule has 0 unspecified atom stereocenters. The fourth-order valence-corrected chi connectivity index (χ4v) is 3.97. The van der Waals surface area contributed by atoms with E-state index in [4.69, 9.17) is 4.74 Å². The molecule has 0 radical (unpaired) electrons. The summed E-state index contributed by atoms with van der Waals surface area (Å²) < 4.78 is 5.78. The van der Waals surface area contributed by atoms with E-state index in [1.807, 2.05) is 6.92 Å². The van der Waals surface area contributed by atoms with Crippen LogP contribution in [0.2, 0.25) is 0 Å². The maximum atomic E-state index is 11.2. The highest BCUT2D eigenvalue weighted by Crippen LogP contribution is 2.24. The summed E-state index contributed by atoms with van der Waals surface area (Å²) in [7, 11) is 0. The van der Waals surface area contributed by atoms with E-state index >= 15 is 0 Å². The molecule has 0 bridgehead atoms. The number of nitrogens with zero attached hydrogens (tertiary/aromatic N) is 2. The molecule has 0 saturated carbocycles. The van der Waals surface area contributed by atoms with Gasteiger partial charge in [-0.15, -0.1) is 0 Å². The van der Waals surface area contributed by atoms with Crippen LogP contribution in [0.3, 0.4) is 0 Å². The zero-order valence-electron chi connectivity index (χ0n) is 14.3. The summed E-state index contributed by atoms with van der Waals surface area (Å²) in [5.74, 6) is 0.0771. The van der Waals surface area contributed by atoms with Gasteiger partial charge in [0.2, 0.25) is 0 Å². The van der Waals surface area contributed by atoms with Crippen molar-refractivity contribution in [2.45, 2.75) is 64.7 Å². The quantitative estimate of drug-likeness (QED) is 0.813. The minimum absolute atomic E-state index is 0.290. The lowest BCUT2D eigenvalue weighted by Gasteiger charge is -2.38. The number of ether oxygens (including phenoxy) is 1. The van der Waals surface area contributed by atoms with Crippen LogP contribution in [-0.4, -0.2) is 71.8 Å². The van der Waals surface area contributed by atoms with E-state index in [-0.39, 0.29) is 6.04 Å². The molecule has 0 aromatic heterocycles. The average molecular weight is 312 g/mol. The van der Waals surface area contributed by atoms with E-state index in [1.54, 1.807) is 0 Å². The summed E-state index contributed by atoms with van der Waals surface area (Å²) in [6.07, 6.45) is 4.89. The summed E-state index contributed by atoms with van der Waals surface area (Å²) in [6.45, 7) is 11.4. The number of carboxylic acids is 1. The van der Waals surface area contributed by atoms with Crippen molar-refractivity contribution in [3.05, 3.63) is 0 Å². The van der Waals surface area contributed by atoms with E-state index in [1.165, 1.54) is 6.42 Å². The van der Waals surface area contributed by atoms with Crippen molar-refractivity contribution in [2.75, 3.05) is 32.7 Å². The molecule has 2 fully saturated rings. The lowest BCUT2D eigenvalue weighted by molar-refractivity contribution is -0.144. The molecule has 0 spiro atoms. The number of hydrogen-bond donors (Lipinski definition) is 1. The van der Waals surface area contributed by atoms with Crippen molar-refractivity contribution >= 4 is 5.97 Å². The van der Waals surface area contributed by atoms with Crippen molar-refractivity contribution in [1.82, 2.24) is 9.80 Å². The number of rotatable bonds is 6. The first-order valence-corrected chi connectivity index (χ1v) is 8.84. The molecule has 0 aromatic rings. The number of morpholine rings is 1. The lowest BCUT2D eigenvalue weighted by Crippen LogP contribution is -2.47. The third kappa shape index (κ3) is 4.93. The third-order valence-corrected chi connectivity index (χ3v) is 5.11. The largest absolute Gasteiger partial charge is 0.480 e. The Morgan fingerprint density at radius 2 is 1.82 bits per heavy atom. The highest BCUT2D eigenvalue weighted by molar-refractivity contribution is 5.73. The van der Waals surface area contributed by atoms with E-state index < -0.39 is 5.97 Å². The van der Waals surface area contributed by atoms with Crippen LogP contribution in [0.25, 0.3) is 0 Å². The lowest BCUT2D eigenvalue weighted by atomic mass is 9.92. The molecular formula is C17H32N2O3. The molecule has 1 N–H and O–H groups in total. The zero-order valence-corrected chi connectivity index (χ0v) is 14.3. The first-order chi connectivity index (χ1) is 10.5.